The largest absolute Gasteiger partial charge is 0.399 e. The molecule has 0 atom stereocenters. The number of nitrogens with one attached hydrogen (secondary N) is 1. The Morgan fingerprint density at radius 3 is 3.00 bits per heavy atom. The number of carbonyl (C=O) groups is 1. The third kappa shape index (κ3) is 3.68. The molecular weight excluding hydrogens is 256 g/mol. The predicted octanol–water partition coefficient (Wildman–Crippen LogP) is 1.16. The van der Waals surface area contributed by atoms with Gasteiger partial charge in [-0.25, -0.2) is 9.78 Å². The lowest BCUT2D eigenvalue weighted by atomic mass is 10.2. The molecule has 1 amide bonds. The van der Waals surface area contributed by atoms with Crippen molar-refractivity contribution in [2.75, 3.05) is 11.1 Å². The smallest absolute Gasteiger partial charge is 0.347 e. The van der Waals surface area contributed by atoms with Crippen LogP contribution in [0.15, 0.2) is 41.5 Å². The minimum atomic E-state index is -0.354. The molecule has 2 rings (SSSR count). The van der Waals surface area contributed by atoms with Crippen LogP contribution in [0, 0.1) is 6.92 Å². The van der Waals surface area contributed by atoms with E-state index in [0.717, 1.165) is 5.56 Å². The maximum Gasteiger partial charge on any atom is 0.347 e. The Morgan fingerprint density at radius 2 is 2.25 bits per heavy atom. The van der Waals surface area contributed by atoms with E-state index in [2.05, 4.69) is 10.3 Å². The summed E-state index contributed by atoms with van der Waals surface area (Å²) in [5, 5.41) is 2.73. The maximum atomic E-state index is 11.8. The summed E-state index contributed by atoms with van der Waals surface area (Å²) in [6.07, 6.45) is 3.38. The van der Waals surface area contributed by atoms with E-state index in [1.54, 1.807) is 30.5 Å². The van der Waals surface area contributed by atoms with Crippen molar-refractivity contribution in [2.24, 2.45) is 0 Å². The summed E-state index contributed by atoms with van der Waals surface area (Å²) >= 11 is 0. The molecule has 0 unspecified atom stereocenters. The van der Waals surface area contributed by atoms with Crippen molar-refractivity contribution in [2.45, 2.75) is 19.9 Å². The minimum absolute atomic E-state index is 0.177. The van der Waals surface area contributed by atoms with Gasteiger partial charge in [-0.2, -0.15) is 0 Å². The average molecular weight is 272 g/mol. The van der Waals surface area contributed by atoms with Crippen LogP contribution in [0.25, 0.3) is 0 Å². The van der Waals surface area contributed by atoms with Gasteiger partial charge in [-0.05, 0) is 30.7 Å². The molecule has 1 aromatic heterocycles. The highest BCUT2D eigenvalue weighted by atomic mass is 16.2. The lowest BCUT2D eigenvalue weighted by Crippen LogP contribution is -2.25. The molecule has 20 heavy (non-hydrogen) atoms. The lowest BCUT2D eigenvalue weighted by Gasteiger charge is -2.07. The van der Waals surface area contributed by atoms with Crippen molar-refractivity contribution in [3.05, 3.63) is 52.7 Å². The summed E-state index contributed by atoms with van der Waals surface area (Å²) in [5.74, 6) is -0.177. The van der Waals surface area contributed by atoms with Crippen LogP contribution in [-0.4, -0.2) is 15.5 Å². The van der Waals surface area contributed by atoms with Crippen molar-refractivity contribution in [3.8, 4) is 0 Å². The first-order valence-corrected chi connectivity index (χ1v) is 6.23. The summed E-state index contributed by atoms with van der Waals surface area (Å²) in [6, 6.07) is 6.94. The minimum Gasteiger partial charge on any atom is -0.399 e. The molecule has 0 saturated carbocycles. The molecule has 0 bridgehead atoms. The first kappa shape index (κ1) is 13.8. The van der Waals surface area contributed by atoms with Crippen molar-refractivity contribution in [1.29, 1.82) is 0 Å². The Kier molecular flexibility index (Phi) is 4.14. The van der Waals surface area contributed by atoms with E-state index in [9.17, 15) is 9.59 Å². The molecule has 0 fully saturated rings. The van der Waals surface area contributed by atoms with E-state index in [4.69, 9.17) is 5.73 Å². The van der Waals surface area contributed by atoms with Crippen LogP contribution >= 0.6 is 0 Å². The molecule has 2 aromatic rings. The summed E-state index contributed by atoms with van der Waals surface area (Å²) in [5.41, 5.74) is 7.38. The summed E-state index contributed by atoms with van der Waals surface area (Å²) in [6.45, 7) is 2.14. The maximum absolute atomic E-state index is 11.8. The monoisotopic (exact) mass is 272 g/mol. The van der Waals surface area contributed by atoms with Gasteiger partial charge in [-0.1, -0.05) is 6.07 Å². The standard InChI is InChI=1S/C14H16N4O2/c1-10-8-16-14(20)18(9-10)6-5-13(19)17-12-4-2-3-11(15)7-12/h2-4,7-9H,5-6,15H2,1H3,(H,17,19). The highest BCUT2D eigenvalue weighted by Gasteiger charge is 2.04. The summed E-state index contributed by atoms with van der Waals surface area (Å²) < 4.78 is 1.42. The number of anilines is 2. The first-order valence-electron chi connectivity index (χ1n) is 6.23. The zero-order chi connectivity index (χ0) is 14.5. The number of nitrogens with zero attached hydrogens (tertiary/aromatic N) is 2. The van der Waals surface area contributed by atoms with Gasteiger partial charge in [-0.3, -0.25) is 9.36 Å². The van der Waals surface area contributed by atoms with E-state index in [1.807, 2.05) is 6.92 Å². The normalized spacial score (nSPS) is 10.2. The van der Waals surface area contributed by atoms with Crippen LogP contribution in [0.4, 0.5) is 11.4 Å². The number of nitrogens with two attached hydrogens (primary N) is 1. The van der Waals surface area contributed by atoms with Crippen LogP contribution in [0.2, 0.25) is 0 Å². The molecule has 0 spiro atoms. The number of carbonyl (C=O) groups excluding carboxylic acids is 1. The van der Waals surface area contributed by atoms with E-state index in [0.29, 0.717) is 17.9 Å². The number of amides is 1. The van der Waals surface area contributed by atoms with E-state index in [-0.39, 0.29) is 18.0 Å². The van der Waals surface area contributed by atoms with Crippen LogP contribution in [0.5, 0.6) is 0 Å². The van der Waals surface area contributed by atoms with Crippen LogP contribution in [-0.2, 0) is 11.3 Å². The molecule has 1 heterocycles. The fourth-order valence-electron chi connectivity index (χ4n) is 1.79. The average Bonchev–Trinajstić information content (AvgIpc) is 2.40. The molecule has 0 aliphatic carbocycles. The van der Waals surface area contributed by atoms with E-state index < -0.39 is 0 Å². The SMILES string of the molecule is Cc1cnc(=O)n(CCC(=O)Nc2cccc(N)c2)c1. The number of hydrogen-bond acceptors (Lipinski definition) is 4. The second kappa shape index (κ2) is 6.01. The van der Waals surface area contributed by atoms with E-state index in [1.165, 1.54) is 10.8 Å². The van der Waals surface area contributed by atoms with Gasteiger partial charge >= 0.3 is 5.69 Å². The molecule has 0 aliphatic heterocycles. The third-order valence-electron chi connectivity index (χ3n) is 2.73. The predicted molar refractivity (Wildman–Crippen MR) is 77.3 cm³/mol. The summed E-state index contributed by atoms with van der Waals surface area (Å²) in [7, 11) is 0. The Bertz CT molecular complexity index is 679. The number of rotatable bonds is 4. The number of benzene rings is 1. The van der Waals surface area contributed by atoms with Gasteiger partial charge in [0, 0.05) is 36.7 Å². The van der Waals surface area contributed by atoms with Crippen LogP contribution in [0.3, 0.4) is 0 Å². The molecule has 6 nitrogen and oxygen atoms in total. The zero-order valence-corrected chi connectivity index (χ0v) is 11.2. The van der Waals surface area contributed by atoms with Gasteiger partial charge in [0.25, 0.3) is 0 Å². The quantitative estimate of drug-likeness (QED) is 0.817. The number of aryl methyl sites for hydroxylation is 2. The van der Waals surface area contributed by atoms with Gasteiger partial charge < -0.3 is 11.1 Å². The molecular formula is C14H16N4O2. The van der Waals surface area contributed by atoms with Crippen LogP contribution in [0.1, 0.15) is 12.0 Å². The Labute approximate surface area is 116 Å². The molecule has 0 aliphatic rings. The van der Waals surface area contributed by atoms with Gasteiger partial charge in [-0.15, -0.1) is 0 Å². The molecule has 3 N–H and O–H groups in total. The number of nitrogen functional groups attached to an aromatic ring is 1. The van der Waals surface area contributed by atoms with E-state index >= 15 is 0 Å². The number of aromatic nitrogens is 2. The highest BCUT2D eigenvalue weighted by molar-refractivity contribution is 5.91. The molecule has 6 heteroatoms. The van der Waals surface area contributed by atoms with Gasteiger partial charge in [0.1, 0.15) is 0 Å². The topological polar surface area (TPSA) is 90.0 Å². The van der Waals surface area contributed by atoms with Crippen molar-refractivity contribution < 1.29 is 4.79 Å². The molecule has 104 valence electrons. The lowest BCUT2D eigenvalue weighted by molar-refractivity contribution is -0.116. The van der Waals surface area contributed by atoms with Gasteiger partial charge in [0.05, 0.1) is 0 Å². The summed E-state index contributed by atoms with van der Waals surface area (Å²) in [4.78, 5) is 27.0. The first-order chi connectivity index (χ1) is 9.54. The highest BCUT2D eigenvalue weighted by Crippen LogP contribution is 2.11. The Balaban J connectivity index is 1.95. The van der Waals surface area contributed by atoms with Gasteiger partial charge in [0.15, 0.2) is 0 Å². The Hall–Kier alpha value is -2.63. The second-order valence-corrected chi connectivity index (χ2v) is 4.53. The molecule has 0 radical (unpaired) electrons. The zero-order valence-electron chi connectivity index (χ0n) is 11.2. The van der Waals surface area contributed by atoms with Crippen molar-refractivity contribution >= 4 is 17.3 Å². The Morgan fingerprint density at radius 1 is 1.45 bits per heavy atom. The van der Waals surface area contributed by atoms with Crippen LogP contribution < -0.4 is 16.7 Å². The second-order valence-electron chi connectivity index (χ2n) is 4.53. The number of hydrogen-bond donors (Lipinski definition) is 2. The fourth-order valence-corrected chi connectivity index (χ4v) is 1.79. The van der Waals surface area contributed by atoms with Crippen molar-refractivity contribution in [1.82, 2.24) is 9.55 Å². The van der Waals surface area contributed by atoms with Gasteiger partial charge in [0.2, 0.25) is 5.91 Å². The fraction of sp³-hybridized carbons (Fsp3) is 0.214. The molecule has 0 saturated heterocycles. The third-order valence-corrected chi connectivity index (χ3v) is 2.73. The molecule has 1 aromatic carbocycles. The van der Waals surface area contributed by atoms with Crippen molar-refractivity contribution in [3.63, 3.8) is 0 Å².